The van der Waals surface area contributed by atoms with E-state index in [4.69, 9.17) is 4.74 Å². The van der Waals surface area contributed by atoms with Crippen LogP contribution in [0.15, 0.2) is 60.7 Å². The standard InChI is InChI=1S/C25H22N2O4/c1-14(2)15-5-3-6-17(11-15)27-24(18-7-4-8-20(28)23(18)25(27)30)16-9-10-21-19(12-16)26-22(29)13-31-21/h3-12,14,24,28H,13H2,1-2H3,(H,26,29). The number of hydrogen-bond acceptors (Lipinski definition) is 4. The molecule has 0 fully saturated rings. The van der Waals surface area contributed by atoms with Crippen LogP contribution in [0.3, 0.4) is 0 Å². The van der Waals surface area contributed by atoms with Crippen LogP contribution in [-0.4, -0.2) is 23.5 Å². The van der Waals surface area contributed by atoms with E-state index >= 15 is 0 Å². The summed E-state index contributed by atoms with van der Waals surface area (Å²) in [5.74, 6) is 0.397. The van der Waals surface area contributed by atoms with E-state index in [1.54, 1.807) is 17.0 Å². The summed E-state index contributed by atoms with van der Waals surface area (Å²) >= 11 is 0. The molecule has 0 saturated carbocycles. The molecule has 31 heavy (non-hydrogen) atoms. The highest BCUT2D eigenvalue weighted by Gasteiger charge is 2.41. The molecule has 0 aliphatic carbocycles. The second-order valence-corrected chi connectivity index (χ2v) is 8.16. The highest BCUT2D eigenvalue weighted by molar-refractivity contribution is 6.13. The minimum absolute atomic E-state index is 0.0148. The van der Waals surface area contributed by atoms with Crippen molar-refractivity contribution in [3.8, 4) is 11.5 Å². The zero-order chi connectivity index (χ0) is 21.7. The van der Waals surface area contributed by atoms with E-state index in [0.717, 1.165) is 22.4 Å². The number of carbonyl (C=O) groups excluding carboxylic acids is 2. The Labute approximate surface area is 180 Å². The maximum absolute atomic E-state index is 13.5. The fraction of sp³-hybridized carbons (Fsp3) is 0.200. The first-order valence-electron chi connectivity index (χ1n) is 10.3. The maximum atomic E-state index is 13.5. The molecule has 6 nitrogen and oxygen atoms in total. The zero-order valence-corrected chi connectivity index (χ0v) is 17.3. The Hall–Kier alpha value is -3.80. The molecule has 3 aromatic rings. The lowest BCUT2D eigenvalue weighted by molar-refractivity contribution is -0.118. The van der Waals surface area contributed by atoms with Crippen molar-refractivity contribution < 1.29 is 19.4 Å². The predicted octanol–water partition coefficient (Wildman–Crippen LogP) is 4.60. The number of amides is 2. The van der Waals surface area contributed by atoms with Crippen LogP contribution in [0.2, 0.25) is 0 Å². The van der Waals surface area contributed by atoms with Crippen LogP contribution < -0.4 is 15.0 Å². The molecule has 156 valence electrons. The van der Waals surface area contributed by atoms with E-state index in [1.165, 1.54) is 6.07 Å². The van der Waals surface area contributed by atoms with Gasteiger partial charge in [-0.2, -0.15) is 0 Å². The van der Waals surface area contributed by atoms with Gasteiger partial charge in [-0.05, 0) is 52.9 Å². The maximum Gasteiger partial charge on any atom is 0.263 e. The van der Waals surface area contributed by atoms with E-state index < -0.39 is 6.04 Å². The second-order valence-electron chi connectivity index (χ2n) is 8.16. The molecule has 0 saturated heterocycles. The van der Waals surface area contributed by atoms with Crippen molar-refractivity contribution >= 4 is 23.2 Å². The van der Waals surface area contributed by atoms with Gasteiger partial charge in [0.2, 0.25) is 0 Å². The largest absolute Gasteiger partial charge is 0.507 e. The SMILES string of the molecule is CC(C)c1cccc(N2C(=O)c3c(O)cccc3C2c2ccc3c(c2)NC(=O)CO3)c1. The summed E-state index contributed by atoms with van der Waals surface area (Å²) in [6.07, 6.45) is 0. The first-order chi connectivity index (χ1) is 14.9. The Balaban J connectivity index is 1.68. The normalized spacial score (nSPS) is 17.3. The van der Waals surface area contributed by atoms with Crippen LogP contribution in [0.4, 0.5) is 11.4 Å². The highest BCUT2D eigenvalue weighted by Crippen LogP contribution is 2.46. The number of ether oxygens (including phenoxy) is 1. The topological polar surface area (TPSA) is 78.9 Å². The highest BCUT2D eigenvalue weighted by atomic mass is 16.5. The Morgan fingerprint density at radius 1 is 1.06 bits per heavy atom. The van der Waals surface area contributed by atoms with Gasteiger partial charge in [0.1, 0.15) is 11.5 Å². The van der Waals surface area contributed by atoms with Gasteiger partial charge in [0.15, 0.2) is 6.61 Å². The molecular formula is C25H22N2O4. The van der Waals surface area contributed by atoms with E-state index in [0.29, 0.717) is 22.9 Å². The summed E-state index contributed by atoms with van der Waals surface area (Å²) in [5.41, 5.74) is 4.30. The van der Waals surface area contributed by atoms with E-state index in [9.17, 15) is 14.7 Å². The third kappa shape index (κ3) is 3.11. The number of nitrogens with one attached hydrogen (secondary N) is 1. The lowest BCUT2D eigenvalue weighted by Gasteiger charge is -2.28. The van der Waals surface area contributed by atoms with E-state index in [1.807, 2.05) is 42.5 Å². The summed E-state index contributed by atoms with van der Waals surface area (Å²) in [6, 6.07) is 18.1. The number of carbonyl (C=O) groups is 2. The molecular weight excluding hydrogens is 392 g/mol. The summed E-state index contributed by atoms with van der Waals surface area (Å²) < 4.78 is 5.48. The van der Waals surface area contributed by atoms with Crippen LogP contribution in [-0.2, 0) is 4.79 Å². The number of hydrogen-bond donors (Lipinski definition) is 2. The third-order valence-corrected chi connectivity index (χ3v) is 5.83. The Kier molecular flexibility index (Phi) is 4.43. The quantitative estimate of drug-likeness (QED) is 0.657. The number of aromatic hydroxyl groups is 1. The number of benzene rings is 3. The molecule has 1 atom stereocenters. The first kappa shape index (κ1) is 19.2. The Bertz CT molecular complexity index is 1220. The molecule has 6 heteroatoms. The monoisotopic (exact) mass is 414 g/mol. The zero-order valence-electron chi connectivity index (χ0n) is 17.3. The van der Waals surface area contributed by atoms with Crippen LogP contribution in [0.1, 0.15) is 52.9 Å². The fourth-order valence-corrected chi connectivity index (χ4v) is 4.29. The predicted molar refractivity (Wildman–Crippen MR) is 118 cm³/mol. The minimum Gasteiger partial charge on any atom is -0.507 e. The van der Waals surface area contributed by atoms with Crippen molar-refractivity contribution in [1.82, 2.24) is 0 Å². The van der Waals surface area contributed by atoms with Crippen molar-refractivity contribution in [3.63, 3.8) is 0 Å². The van der Waals surface area contributed by atoms with Crippen LogP contribution in [0.25, 0.3) is 0 Å². The molecule has 2 heterocycles. The third-order valence-electron chi connectivity index (χ3n) is 5.83. The van der Waals surface area contributed by atoms with Gasteiger partial charge in [0.25, 0.3) is 11.8 Å². The average Bonchev–Trinajstić information content (AvgIpc) is 3.06. The van der Waals surface area contributed by atoms with Gasteiger partial charge < -0.3 is 15.2 Å². The summed E-state index contributed by atoms with van der Waals surface area (Å²) in [6.45, 7) is 4.20. The molecule has 3 aromatic carbocycles. The Morgan fingerprint density at radius 3 is 2.68 bits per heavy atom. The number of nitrogens with zero attached hydrogens (tertiary/aromatic N) is 1. The summed E-state index contributed by atoms with van der Waals surface area (Å²) in [7, 11) is 0. The molecule has 0 radical (unpaired) electrons. The summed E-state index contributed by atoms with van der Waals surface area (Å²) in [5, 5.41) is 13.3. The second kappa shape index (κ2) is 7.16. The van der Waals surface area contributed by atoms with Crippen LogP contribution in [0.5, 0.6) is 11.5 Å². The fourth-order valence-electron chi connectivity index (χ4n) is 4.29. The van der Waals surface area contributed by atoms with Gasteiger partial charge in [-0.3, -0.25) is 14.5 Å². The van der Waals surface area contributed by atoms with Crippen LogP contribution in [0, 0.1) is 0 Å². The number of fused-ring (bicyclic) bond motifs is 2. The van der Waals surface area contributed by atoms with Gasteiger partial charge in [-0.25, -0.2) is 0 Å². The van der Waals surface area contributed by atoms with Gasteiger partial charge in [-0.1, -0.05) is 44.2 Å². The minimum atomic E-state index is -0.443. The van der Waals surface area contributed by atoms with E-state index in [-0.39, 0.29) is 24.2 Å². The van der Waals surface area contributed by atoms with Gasteiger partial charge in [0.05, 0.1) is 17.3 Å². The van der Waals surface area contributed by atoms with Crippen LogP contribution >= 0.6 is 0 Å². The summed E-state index contributed by atoms with van der Waals surface area (Å²) in [4.78, 5) is 27.0. The number of phenols is 1. The lowest BCUT2D eigenvalue weighted by Crippen LogP contribution is -2.29. The first-order valence-corrected chi connectivity index (χ1v) is 10.3. The number of phenolic OH excluding ortho intramolecular Hbond substituents is 1. The number of anilines is 2. The number of rotatable bonds is 3. The molecule has 0 aromatic heterocycles. The molecule has 5 rings (SSSR count). The van der Waals surface area contributed by atoms with Crippen molar-refractivity contribution in [1.29, 1.82) is 0 Å². The molecule has 2 N–H and O–H groups in total. The molecule has 2 aliphatic rings. The lowest BCUT2D eigenvalue weighted by atomic mass is 9.96. The van der Waals surface area contributed by atoms with Gasteiger partial charge >= 0.3 is 0 Å². The van der Waals surface area contributed by atoms with Gasteiger partial charge in [-0.15, -0.1) is 0 Å². The van der Waals surface area contributed by atoms with Crippen molar-refractivity contribution in [3.05, 3.63) is 82.9 Å². The van der Waals surface area contributed by atoms with Crippen molar-refractivity contribution in [2.75, 3.05) is 16.8 Å². The smallest absolute Gasteiger partial charge is 0.263 e. The average molecular weight is 414 g/mol. The molecule has 0 spiro atoms. The molecule has 2 amide bonds. The van der Waals surface area contributed by atoms with Crippen molar-refractivity contribution in [2.45, 2.75) is 25.8 Å². The molecule has 1 unspecified atom stereocenters. The van der Waals surface area contributed by atoms with Crippen molar-refractivity contribution in [2.24, 2.45) is 0 Å². The molecule has 2 aliphatic heterocycles. The Morgan fingerprint density at radius 2 is 1.87 bits per heavy atom. The van der Waals surface area contributed by atoms with Gasteiger partial charge in [0, 0.05) is 5.69 Å². The van der Waals surface area contributed by atoms with E-state index in [2.05, 4.69) is 19.2 Å². The molecule has 0 bridgehead atoms.